The van der Waals surface area contributed by atoms with Gasteiger partial charge in [0.15, 0.2) is 5.78 Å². The summed E-state index contributed by atoms with van der Waals surface area (Å²) in [5.74, 6) is 0.166. The summed E-state index contributed by atoms with van der Waals surface area (Å²) in [6, 6.07) is 7.45. The first-order valence-corrected chi connectivity index (χ1v) is 7.17. The molecule has 100 valence electrons. The lowest BCUT2D eigenvalue weighted by Crippen LogP contribution is -2.28. The Hall–Kier alpha value is -1.68. The maximum absolute atomic E-state index is 12.4. The zero-order chi connectivity index (χ0) is 14.0. The maximum Gasteiger partial charge on any atom is 0.261 e. The van der Waals surface area contributed by atoms with Crippen LogP contribution >= 0.6 is 11.3 Å². The molecule has 0 bridgehead atoms. The topological polar surface area (TPSA) is 39.1 Å². The van der Waals surface area contributed by atoms with Gasteiger partial charge >= 0.3 is 0 Å². The molecule has 0 spiro atoms. The van der Waals surface area contributed by atoms with E-state index in [-0.39, 0.29) is 16.9 Å². The SMILES string of the molecule is CC(=O)c1ccc(-c2cccs2)n(CC(C)C)c1=O. The van der Waals surface area contributed by atoms with Crippen LogP contribution in [0.1, 0.15) is 31.1 Å². The first kappa shape index (κ1) is 13.7. The van der Waals surface area contributed by atoms with Crippen LogP contribution in [0, 0.1) is 5.92 Å². The van der Waals surface area contributed by atoms with Crippen LogP contribution in [-0.2, 0) is 6.54 Å². The van der Waals surface area contributed by atoms with Gasteiger partial charge in [0, 0.05) is 6.54 Å². The van der Waals surface area contributed by atoms with E-state index in [1.54, 1.807) is 22.0 Å². The molecule has 2 rings (SSSR count). The number of carbonyl (C=O) groups is 1. The number of ketones is 1. The van der Waals surface area contributed by atoms with E-state index in [0.717, 1.165) is 10.6 Å². The van der Waals surface area contributed by atoms with Gasteiger partial charge in [-0.3, -0.25) is 9.59 Å². The van der Waals surface area contributed by atoms with E-state index >= 15 is 0 Å². The normalized spacial score (nSPS) is 10.9. The highest BCUT2D eigenvalue weighted by Crippen LogP contribution is 2.24. The van der Waals surface area contributed by atoms with Crippen LogP contribution < -0.4 is 5.56 Å². The van der Waals surface area contributed by atoms with Gasteiger partial charge in [-0.05, 0) is 36.4 Å². The van der Waals surface area contributed by atoms with Crippen molar-refractivity contribution >= 4 is 17.1 Å². The van der Waals surface area contributed by atoms with Crippen molar-refractivity contribution in [2.75, 3.05) is 0 Å². The third kappa shape index (κ3) is 2.84. The van der Waals surface area contributed by atoms with Crippen LogP contribution in [-0.4, -0.2) is 10.4 Å². The quantitative estimate of drug-likeness (QED) is 0.802. The number of rotatable bonds is 4. The third-order valence-electron chi connectivity index (χ3n) is 2.87. The molecule has 3 nitrogen and oxygen atoms in total. The van der Waals surface area contributed by atoms with Crippen LogP contribution in [0.4, 0.5) is 0 Å². The van der Waals surface area contributed by atoms with Gasteiger partial charge in [0.05, 0.1) is 16.1 Å². The Balaban J connectivity index is 2.65. The van der Waals surface area contributed by atoms with Gasteiger partial charge in [-0.15, -0.1) is 11.3 Å². The van der Waals surface area contributed by atoms with E-state index in [9.17, 15) is 9.59 Å². The Morgan fingerprint density at radius 3 is 2.58 bits per heavy atom. The molecule has 0 aliphatic heterocycles. The second-order valence-electron chi connectivity index (χ2n) is 4.98. The molecule has 0 atom stereocenters. The Kier molecular flexibility index (Phi) is 4.00. The van der Waals surface area contributed by atoms with Crippen LogP contribution in [0.2, 0.25) is 0 Å². The van der Waals surface area contributed by atoms with Gasteiger partial charge in [-0.25, -0.2) is 0 Å². The molecule has 2 aromatic rings. The molecule has 0 aromatic carbocycles. The van der Waals surface area contributed by atoms with Crippen molar-refractivity contribution in [3.63, 3.8) is 0 Å². The van der Waals surface area contributed by atoms with Crippen molar-refractivity contribution in [3.05, 3.63) is 45.6 Å². The largest absolute Gasteiger partial charge is 0.307 e. The Bertz CT molecular complexity index is 639. The Morgan fingerprint density at radius 1 is 1.32 bits per heavy atom. The zero-order valence-corrected chi connectivity index (χ0v) is 12.2. The highest BCUT2D eigenvalue weighted by molar-refractivity contribution is 7.13. The van der Waals surface area contributed by atoms with Crippen LogP contribution in [0.5, 0.6) is 0 Å². The van der Waals surface area contributed by atoms with Gasteiger partial charge < -0.3 is 4.57 Å². The standard InChI is InChI=1S/C15H17NO2S/c1-10(2)9-16-13(14-5-4-8-19-14)7-6-12(11(3)17)15(16)18/h4-8,10H,9H2,1-3H3. The average molecular weight is 275 g/mol. The number of thiophene rings is 1. The first-order valence-electron chi connectivity index (χ1n) is 6.29. The van der Waals surface area contributed by atoms with E-state index in [1.807, 2.05) is 23.6 Å². The number of aromatic nitrogens is 1. The van der Waals surface area contributed by atoms with Crippen molar-refractivity contribution in [3.8, 4) is 10.6 Å². The van der Waals surface area contributed by atoms with Crippen molar-refractivity contribution in [2.24, 2.45) is 5.92 Å². The molecule has 2 heterocycles. The smallest absolute Gasteiger partial charge is 0.261 e. The van der Waals surface area contributed by atoms with E-state index < -0.39 is 0 Å². The molecule has 0 saturated carbocycles. The molecule has 0 unspecified atom stereocenters. The average Bonchev–Trinajstić information content (AvgIpc) is 2.84. The summed E-state index contributed by atoms with van der Waals surface area (Å²) in [5.41, 5.74) is 0.965. The maximum atomic E-state index is 12.4. The van der Waals surface area contributed by atoms with Gasteiger partial charge in [0.1, 0.15) is 0 Å². The second-order valence-corrected chi connectivity index (χ2v) is 5.92. The fraction of sp³-hybridized carbons (Fsp3) is 0.333. The molecular formula is C15H17NO2S. The second kappa shape index (κ2) is 5.53. The third-order valence-corrected chi connectivity index (χ3v) is 3.77. The summed E-state index contributed by atoms with van der Waals surface area (Å²) in [4.78, 5) is 24.9. The predicted octanol–water partition coefficient (Wildman–Crippen LogP) is 3.44. The van der Waals surface area contributed by atoms with Gasteiger partial charge in [0.25, 0.3) is 5.56 Å². The molecule has 0 amide bonds. The van der Waals surface area contributed by atoms with Crippen molar-refractivity contribution in [1.29, 1.82) is 0 Å². The summed E-state index contributed by atoms with van der Waals surface area (Å²) in [7, 11) is 0. The molecule has 0 fully saturated rings. The minimum atomic E-state index is -0.188. The summed E-state index contributed by atoms with van der Waals surface area (Å²) in [6.45, 7) is 6.17. The summed E-state index contributed by atoms with van der Waals surface area (Å²) in [5, 5.41) is 1.98. The molecule has 2 aromatic heterocycles. The number of nitrogens with zero attached hydrogens (tertiary/aromatic N) is 1. The molecule has 0 N–H and O–H groups in total. The van der Waals surface area contributed by atoms with Crippen molar-refractivity contribution in [1.82, 2.24) is 4.57 Å². The van der Waals surface area contributed by atoms with Crippen molar-refractivity contribution < 1.29 is 4.79 Å². The van der Waals surface area contributed by atoms with Crippen molar-refractivity contribution in [2.45, 2.75) is 27.3 Å². The molecule has 0 aliphatic carbocycles. The Morgan fingerprint density at radius 2 is 2.05 bits per heavy atom. The molecule has 0 saturated heterocycles. The lowest BCUT2D eigenvalue weighted by Gasteiger charge is -2.15. The van der Waals surface area contributed by atoms with E-state index in [1.165, 1.54) is 6.92 Å². The van der Waals surface area contributed by atoms with Crippen LogP contribution in [0.25, 0.3) is 10.6 Å². The highest BCUT2D eigenvalue weighted by atomic mass is 32.1. The van der Waals surface area contributed by atoms with Gasteiger partial charge in [0.2, 0.25) is 0 Å². The van der Waals surface area contributed by atoms with Crippen LogP contribution in [0.15, 0.2) is 34.4 Å². The fourth-order valence-electron chi connectivity index (χ4n) is 2.03. The summed E-state index contributed by atoms with van der Waals surface area (Å²) < 4.78 is 1.72. The van der Waals surface area contributed by atoms with Crippen LogP contribution in [0.3, 0.4) is 0 Å². The van der Waals surface area contributed by atoms with E-state index in [4.69, 9.17) is 0 Å². The first-order chi connectivity index (χ1) is 9.00. The molecule has 0 aliphatic rings. The summed E-state index contributed by atoms with van der Waals surface area (Å²) in [6.07, 6.45) is 0. The van der Waals surface area contributed by atoms with E-state index in [2.05, 4.69) is 13.8 Å². The van der Waals surface area contributed by atoms with Gasteiger partial charge in [-0.1, -0.05) is 19.9 Å². The number of pyridine rings is 1. The van der Waals surface area contributed by atoms with Gasteiger partial charge in [-0.2, -0.15) is 0 Å². The number of hydrogen-bond acceptors (Lipinski definition) is 3. The number of Topliss-reactive ketones (excluding diaryl/α,β-unsaturated/α-hetero) is 1. The lowest BCUT2D eigenvalue weighted by molar-refractivity contribution is 0.101. The number of hydrogen-bond donors (Lipinski definition) is 0. The monoisotopic (exact) mass is 275 g/mol. The summed E-state index contributed by atoms with van der Waals surface area (Å²) >= 11 is 1.60. The number of carbonyl (C=O) groups excluding carboxylic acids is 1. The molecular weight excluding hydrogens is 258 g/mol. The molecule has 4 heteroatoms. The Labute approximate surface area is 116 Å². The fourth-order valence-corrected chi connectivity index (χ4v) is 2.79. The predicted molar refractivity (Wildman–Crippen MR) is 78.9 cm³/mol. The zero-order valence-electron chi connectivity index (χ0n) is 11.3. The lowest BCUT2D eigenvalue weighted by atomic mass is 10.1. The minimum absolute atomic E-state index is 0.180. The molecule has 19 heavy (non-hydrogen) atoms. The minimum Gasteiger partial charge on any atom is -0.307 e. The highest BCUT2D eigenvalue weighted by Gasteiger charge is 2.14. The van der Waals surface area contributed by atoms with E-state index in [0.29, 0.717) is 12.5 Å². The molecule has 0 radical (unpaired) electrons.